The number of carboxylic acids is 1. The molecular formula is C14H30O2Ti. The number of aliphatic carboxylic acids is 1. The Labute approximate surface area is 124 Å². The van der Waals surface area contributed by atoms with E-state index in [0.29, 0.717) is 0 Å². The molecule has 3 heteroatoms. The zero-order valence-electron chi connectivity index (χ0n) is 12.2. The maximum absolute atomic E-state index is 8.89. The van der Waals surface area contributed by atoms with Crippen LogP contribution in [0.25, 0.3) is 0 Å². The van der Waals surface area contributed by atoms with Crippen molar-refractivity contribution in [3.05, 3.63) is 20.8 Å². The van der Waals surface area contributed by atoms with Gasteiger partial charge in [0.2, 0.25) is 0 Å². The second-order valence-corrected chi connectivity index (χ2v) is 3.05. The molecule has 0 fully saturated rings. The summed E-state index contributed by atoms with van der Waals surface area (Å²) in [6, 6.07) is 0. The number of carbonyl (C=O) groups excluding carboxylic acids is 1. The predicted molar refractivity (Wildman–Crippen MR) is 71.5 cm³/mol. The van der Waals surface area contributed by atoms with Gasteiger partial charge < -0.3 is 30.7 Å². The van der Waals surface area contributed by atoms with Gasteiger partial charge in [-0.05, 0) is 6.92 Å². The Kier molecular flexibility index (Phi) is 78.9. The van der Waals surface area contributed by atoms with Crippen LogP contribution in [0.3, 0.4) is 0 Å². The Morgan fingerprint density at radius 1 is 0.882 bits per heavy atom. The number of rotatable bonds is 3. The molecule has 0 aliphatic carbocycles. The van der Waals surface area contributed by atoms with Crippen molar-refractivity contribution in [2.45, 2.75) is 66.2 Å². The van der Waals surface area contributed by atoms with Gasteiger partial charge in [-0.15, -0.1) is 0 Å². The molecule has 0 radical (unpaired) electrons. The molecule has 0 saturated carbocycles. The Hall–Kier alpha value is 0.184. The molecule has 0 heterocycles. The third-order valence-electron chi connectivity index (χ3n) is 1.06. The molecule has 0 rings (SSSR count). The number of unbranched alkanes of at least 4 members (excludes halogenated alkanes) is 3. The van der Waals surface area contributed by atoms with Crippen LogP contribution in [0, 0.1) is 20.8 Å². The fourth-order valence-electron chi connectivity index (χ4n) is 0. The van der Waals surface area contributed by atoms with Gasteiger partial charge in [0.1, 0.15) is 0 Å². The van der Waals surface area contributed by atoms with Crippen LogP contribution in [0.1, 0.15) is 66.2 Å². The second-order valence-electron chi connectivity index (χ2n) is 3.05. The summed E-state index contributed by atoms with van der Waals surface area (Å²) in [4.78, 5) is 8.89. The molecule has 0 amide bonds. The number of carbonyl (C=O) groups is 1. The maximum Gasteiger partial charge on any atom is 4.00 e. The van der Waals surface area contributed by atoms with Gasteiger partial charge in [-0.3, -0.25) is 0 Å². The van der Waals surface area contributed by atoms with Crippen LogP contribution >= 0.6 is 0 Å². The number of hydrogen-bond acceptors (Lipinski definition) is 2. The molecule has 0 unspecified atom stereocenters. The average molecular weight is 278 g/mol. The summed E-state index contributed by atoms with van der Waals surface area (Å²) in [5.74, 6) is -1.08. The topological polar surface area (TPSA) is 40.1 Å². The Bertz CT molecular complexity index is 76.7. The van der Waals surface area contributed by atoms with Crippen LogP contribution in [0.15, 0.2) is 0 Å². The summed E-state index contributed by atoms with van der Waals surface area (Å²) in [5, 5.41) is 8.89. The second kappa shape index (κ2) is 44.2. The average Bonchev–Trinajstić information content (AvgIpc) is 2.28. The van der Waals surface area contributed by atoms with Crippen LogP contribution in [0.4, 0.5) is 0 Å². The molecule has 0 aromatic carbocycles. The van der Waals surface area contributed by atoms with Crippen LogP contribution in [-0.2, 0) is 26.5 Å². The van der Waals surface area contributed by atoms with E-state index in [1.807, 2.05) is 0 Å². The van der Waals surface area contributed by atoms with Crippen molar-refractivity contribution < 1.29 is 31.6 Å². The smallest absolute Gasteiger partial charge is 0.550 e. The van der Waals surface area contributed by atoms with Gasteiger partial charge in [0, 0.05) is 5.97 Å². The molecule has 0 bridgehead atoms. The van der Waals surface area contributed by atoms with E-state index >= 15 is 0 Å². The van der Waals surface area contributed by atoms with Crippen LogP contribution in [0.2, 0.25) is 0 Å². The maximum atomic E-state index is 8.89. The van der Waals surface area contributed by atoms with Gasteiger partial charge in [-0.1, -0.05) is 40.0 Å². The fraction of sp³-hybridized carbons (Fsp3) is 0.714. The van der Waals surface area contributed by atoms with Crippen molar-refractivity contribution in [3.63, 3.8) is 0 Å². The molecule has 102 valence electrons. The third kappa shape index (κ3) is 321. The monoisotopic (exact) mass is 278 g/mol. The Morgan fingerprint density at radius 2 is 0.941 bits per heavy atom. The minimum atomic E-state index is -1.08. The van der Waals surface area contributed by atoms with E-state index in [1.54, 1.807) is 0 Å². The summed E-state index contributed by atoms with van der Waals surface area (Å²) >= 11 is 0. The molecule has 17 heavy (non-hydrogen) atoms. The molecule has 0 aliphatic rings. The quantitative estimate of drug-likeness (QED) is 0.584. The Balaban J connectivity index is -0.0000000369. The first-order valence-electron chi connectivity index (χ1n) is 6.03. The minimum Gasteiger partial charge on any atom is -0.550 e. The molecular weight excluding hydrogens is 248 g/mol. The van der Waals surface area contributed by atoms with E-state index in [1.165, 1.54) is 19.3 Å². The zero-order valence-corrected chi connectivity index (χ0v) is 13.7. The predicted octanol–water partition coefficient (Wildman–Crippen LogP) is 3.62. The van der Waals surface area contributed by atoms with Gasteiger partial charge in [-0.25, -0.2) is 0 Å². The largest absolute Gasteiger partial charge is 4.00 e. The fourth-order valence-corrected chi connectivity index (χ4v) is 0. The molecule has 0 aromatic heterocycles. The molecule has 0 saturated heterocycles. The van der Waals surface area contributed by atoms with Gasteiger partial charge in [-0.2, -0.15) is 19.3 Å². The molecule has 0 aromatic rings. The summed E-state index contributed by atoms with van der Waals surface area (Å²) in [7, 11) is 0. The third-order valence-corrected chi connectivity index (χ3v) is 1.06. The summed E-state index contributed by atoms with van der Waals surface area (Å²) in [5.41, 5.74) is 0. The van der Waals surface area contributed by atoms with Gasteiger partial charge in [0.15, 0.2) is 0 Å². The van der Waals surface area contributed by atoms with Crippen molar-refractivity contribution >= 4 is 5.97 Å². The van der Waals surface area contributed by atoms with E-state index in [0.717, 1.165) is 26.2 Å². The van der Waals surface area contributed by atoms with Crippen molar-refractivity contribution in [1.29, 1.82) is 0 Å². The van der Waals surface area contributed by atoms with E-state index < -0.39 is 5.97 Å². The van der Waals surface area contributed by atoms with E-state index in [2.05, 4.69) is 41.5 Å². The molecule has 0 N–H and O–H groups in total. The zero-order chi connectivity index (χ0) is 13.8. The van der Waals surface area contributed by atoms with E-state index in [-0.39, 0.29) is 21.7 Å². The van der Waals surface area contributed by atoms with Gasteiger partial charge in [0.25, 0.3) is 0 Å². The first-order chi connectivity index (χ1) is 7.47. The normalized spacial score (nSPS) is 6.76. The Morgan fingerprint density at radius 3 is 0.941 bits per heavy atom. The van der Waals surface area contributed by atoms with E-state index in [4.69, 9.17) is 9.90 Å². The SMILES string of the molecule is CC(=O)[O-].[CH2-]CCC.[CH2-]CCC.[CH2-]CCC.[Ti+4]. The van der Waals surface area contributed by atoms with Crippen molar-refractivity contribution in [2.75, 3.05) is 0 Å². The minimum absolute atomic E-state index is 0. The van der Waals surface area contributed by atoms with Gasteiger partial charge in [0.05, 0.1) is 0 Å². The summed E-state index contributed by atoms with van der Waals surface area (Å²) in [6.07, 6.45) is 6.83. The standard InChI is InChI=1S/3C4H9.C2H4O2.Ti/c3*1-3-4-2;1-2(3)4;/h3*1,3-4H2,2H3;1H3,(H,3,4);/q3*-1;;+4/p-1. The number of hydrogen-bond donors (Lipinski definition) is 0. The molecule has 2 nitrogen and oxygen atoms in total. The van der Waals surface area contributed by atoms with Crippen molar-refractivity contribution in [2.24, 2.45) is 0 Å². The summed E-state index contributed by atoms with van der Waals surface area (Å²) in [6.45, 7) is 18.1. The first-order valence-corrected chi connectivity index (χ1v) is 6.03. The molecule has 0 spiro atoms. The van der Waals surface area contributed by atoms with Gasteiger partial charge >= 0.3 is 21.7 Å². The molecule has 0 aliphatic heterocycles. The molecule has 0 atom stereocenters. The van der Waals surface area contributed by atoms with Crippen molar-refractivity contribution in [3.8, 4) is 0 Å². The van der Waals surface area contributed by atoms with Crippen LogP contribution < -0.4 is 5.11 Å². The van der Waals surface area contributed by atoms with Crippen molar-refractivity contribution in [1.82, 2.24) is 0 Å². The van der Waals surface area contributed by atoms with Crippen LogP contribution in [0.5, 0.6) is 0 Å². The van der Waals surface area contributed by atoms with E-state index in [9.17, 15) is 0 Å². The first kappa shape index (κ1) is 30.3. The summed E-state index contributed by atoms with van der Waals surface area (Å²) < 4.78 is 0. The number of carboxylic acid groups (broad SMARTS) is 1. The van der Waals surface area contributed by atoms with Crippen LogP contribution in [-0.4, -0.2) is 5.97 Å².